The number of nitrogens with two attached hydrogens (primary N) is 1. The van der Waals surface area contributed by atoms with Gasteiger partial charge in [-0.05, 0) is 44.0 Å². The molecular weight excluding hydrogens is 342 g/mol. The van der Waals surface area contributed by atoms with Crippen molar-refractivity contribution in [1.82, 2.24) is 10.0 Å². The Bertz CT molecular complexity index is 632. The molecule has 7 nitrogen and oxygen atoms in total. The second kappa shape index (κ2) is 9.74. The summed E-state index contributed by atoms with van der Waals surface area (Å²) in [5.74, 6) is 0.390. The van der Waals surface area contributed by atoms with Crippen molar-refractivity contribution >= 4 is 15.9 Å². The average Bonchev–Trinajstić information content (AvgIpc) is 2.60. The van der Waals surface area contributed by atoms with Crippen LogP contribution in [0.25, 0.3) is 0 Å². The lowest BCUT2D eigenvalue weighted by Crippen LogP contribution is -2.53. The van der Waals surface area contributed by atoms with Gasteiger partial charge >= 0.3 is 0 Å². The van der Waals surface area contributed by atoms with Crippen molar-refractivity contribution in [3.63, 3.8) is 0 Å². The molecular formula is C17H29N3O4S. The molecule has 0 saturated heterocycles. The maximum absolute atomic E-state index is 12.2. The molecule has 1 rings (SSSR count). The maximum atomic E-state index is 12.2. The maximum Gasteiger partial charge on any atom is 0.240 e. The normalized spacial score (nSPS) is 12.0. The Morgan fingerprint density at radius 1 is 1.16 bits per heavy atom. The number of carbonyl (C=O) groups excluding carboxylic acids is 1. The number of rotatable bonds is 11. The minimum Gasteiger partial charge on any atom is -0.494 e. The molecule has 1 amide bonds. The Morgan fingerprint density at radius 2 is 1.76 bits per heavy atom. The number of hydrogen-bond donors (Lipinski definition) is 3. The van der Waals surface area contributed by atoms with Crippen LogP contribution in [0.15, 0.2) is 29.2 Å². The third kappa shape index (κ3) is 6.30. The van der Waals surface area contributed by atoms with Crippen LogP contribution in [0, 0.1) is 0 Å². The summed E-state index contributed by atoms with van der Waals surface area (Å²) >= 11 is 0. The first-order chi connectivity index (χ1) is 11.8. The zero-order valence-electron chi connectivity index (χ0n) is 15.2. The van der Waals surface area contributed by atoms with Gasteiger partial charge in [0.05, 0.1) is 17.0 Å². The third-order valence-electron chi connectivity index (χ3n) is 4.24. The third-order valence-corrected chi connectivity index (χ3v) is 5.71. The molecule has 8 heteroatoms. The molecule has 0 bridgehead atoms. The van der Waals surface area contributed by atoms with Gasteiger partial charge in [0.15, 0.2) is 0 Å². The Morgan fingerprint density at radius 3 is 2.24 bits per heavy atom. The van der Waals surface area contributed by atoms with E-state index >= 15 is 0 Å². The Labute approximate surface area is 150 Å². The summed E-state index contributed by atoms with van der Waals surface area (Å²) in [7, 11) is -3.66. The van der Waals surface area contributed by atoms with Gasteiger partial charge < -0.3 is 15.8 Å². The van der Waals surface area contributed by atoms with Gasteiger partial charge in [-0.3, -0.25) is 4.79 Å². The van der Waals surface area contributed by atoms with Crippen LogP contribution >= 0.6 is 0 Å². The van der Waals surface area contributed by atoms with E-state index in [-0.39, 0.29) is 23.8 Å². The van der Waals surface area contributed by atoms with Crippen molar-refractivity contribution in [3.8, 4) is 5.75 Å². The first kappa shape index (κ1) is 21.4. The fourth-order valence-electron chi connectivity index (χ4n) is 2.39. The van der Waals surface area contributed by atoms with Gasteiger partial charge in [-0.25, -0.2) is 13.1 Å². The van der Waals surface area contributed by atoms with Crippen molar-refractivity contribution in [1.29, 1.82) is 0 Å². The number of amides is 1. The average molecular weight is 372 g/mol. The second-order valence-electron chi connectivity index (χ2n) is 5.79. The van der Waals surface area contributed by atoms with Crippen molar-refractivity contribution in [2.24, 2.45) is 5.73 Å². The summed E-state index contributed by atoms with van der Waals surface area (Å²) in [6.07, 6.45) is 1.51. The molecule has 0 atom stereocenters. The minimum atomic E-state index is -3.66. The van der Waals surface area contributed by atoms with E-state index in [2.05, 4.69) is 10.0 Å². The lowest BCUT2D eigenvalue weighted by molar-refractivity contribution is -0.122. The summed E-state index contributed by atoms with van der Waals surface area (Å²) in [5, 5.41) is 2.91. The van der Waals surface area contributed by atoms with Crippen LogP contribution in [0.4, 0.5) is 0 Å². The molecule has 0 unspecified atom stereocenters. The van der Waals surface area contributed by atoms with Crippen LogP contribution in [-0.4, -0.2) is 39.6 Å². The highest BCUT2D eigenvalue weighted by Gasteiger charge is 2.26. The smallest absolute Gasteiger partial charge is 0.240 e. The fourth-order valence-corrected chi connectivity index (χ4v) is 3.42. The Hall–Kier alpha value is -1.64. The van der Waals surface area contributed by atoms with Gasteiger partial charge in [-0.2, -0.15) is 0 Å². The molecule has 0 radical (unpaired) electrons. The molecule has 4 N–H and O–H groups in total. The number of benzene rings is 1. The second-order valence-corrected chi connectivity index (χ2v) is 7.56. The molecule has 0 aliphatic heterocycles. The predicted molar refractivity (Wildman–Crippen MR) is 97.9 cm³/mol. The Balaban J connectivity index is 2.57. The summed E-state index contributed by atoms with van der Waals surface area (Å²) < 4.78 is 32.2. The zero-order valence-corrected chi connectivity index (χ0v) is 16.0. The molecule has 0 aliphatic carbocycles. The first-order valence-corrected chi connectivity index (χ1v) is 10.0. The highest BCUT2D eigenvalue weighted by molar-refractivity contribution is 7.89. The summed E-state index contributed by atoms with van der Waals surface area (Å²) in [5.41, 5.74) is 5.32. The first-order valence-electron chi connectivity index (χ1n) is 8.56. The fraction of sp³-hybridized carbons (Fsp3) is 0.588. The van der Waals surface area contributed by atoms with Crippen LogP contribution in [0.3, 0.4) is 0 Å². The van der Waals surface area contributed by atoms with Crippen LogP contribution in [0.5, 0.6) is 5.75 Å². The monoisotopic (exact) mass is 371 g/mol. The highest BCUT2D eigenvalue weighted by atomic mass is 32.2. The van der Waals surface area contributed by atoms with Gasteiger partial charge in [0.1, 0.15) is 5.75 Å². The molecule has 0 aliphatic rings. The van der Waals surface area contributed by atoms with Crippen molar-refractivity contribution in [2.75, 3.05) is 19.7 Å². The molecule has 0 heterocycles. The van der Waals surface area contributed by atoms with E-state index in [1.54, 1.807) is 12.1 Å². The molecule has 1 aromatic rings. The number of carbonyl (C=O) groups is 1. The van der Waals surface area contributed by atoms with Crippen molar-refractivity contribution in [3.05, 3.63) is 24.3 Å². The van der Waals surface area contributed by atoms with Crippen LogP contribution in [0.2, 0.25) is 0 Å². The van der Waals surface area contributed by atoms with E-state index in [1.807, 2.05) is 20.8 Å². The number of sulfonamides is 1. The molecule has 0 fully saturated rings. The van der Waals surface area contributed by atoms with Crippen molar-refractivity contribution in [2.45, 2.75) is 50.5 Å². The number of ether oxygens (including phenoxy) is 1. The zero-order chi connectivity index (χ0) is 18.9. The lowest BCUT2D eigenvalue weighted by Gasteiger charge is -2.31. The van der Waals surface area contributed by atoms with Gasteiger partial charge in [0.25, 0.3) is 0 Å². The molecule has 1 aromatic carbocycles. The standard InChI is InChI=1S/C17H29N3O4S/c1-4-17(5-2,13-18)20-16(21)11-12-19-25(22,23)15-9-7-14(8-10-15)24-6-3/h7-10,19H,4-6,11-13,18H2,1-3H3,(H,20,21). The summed E-state index contributed by atoms with van der Waals surface area (Å²) in [6, 6.07) is 6.15. The Kier molecular flexibility index (Phi) is 8.34. The molecule has 0 spiro atoms. The van der Waals surface area contributed by atoms with Crippen molar-refractivity contribution < 1.29 is 17.9 Å². The van der Waals surface area contributed by atoms with E-state index in [0.717, 1.165) is 12.8 Å². The van der Waals surface area contributed by atoms with Crippen LogP contribution in [0.1, 0.15) is 40.0 Å². The van der Waals surface area contributed by atoms with E-state index in [1.165, 1.54) is 12.1 Å². The van der Waals surface area contributed by atoms with Crippen LogP contribution < -0.4 is 20.5 Å². The van der Waals surface area contributed by atoms with E-state index in [9.17, 15) is 13.2 Å². The van der Waals surface area contributed by atoms with Gasteiger partial charge in [-0.15, -0.1) is 0 Å². The SMILES string of the molecule is CCOc1ccc(S(=O)(=O)NCCC(=O)NC(CC)(CC)CN)cc1. The molecule has 25 heavy (non-hydrogen) atoms. The molecule has 142 valence electrons. The van der Waals surface area contributed by atoms with Gasteiger partial charge in [0, 0.05) is 19.5 Å². The minimum absolute atomic E-state index is 0.0233. The van der Waals surface area contributed by atoms with E-state index < -0.39 is 15.6 Å². The van der Waals surface area contributed by atoms with Crippen LogP contribution in [-0.2, 0) is 14.8 Å². The topological polar surface area (TPSA) is 111 Å². The number of nitrogens with one attached hydrogen (secondary N) is 2. The predicted octanol–water partition coefficient (Wildman–Crippen LogP) is 1.39. The quantitative estimate of drug-likeness (QED) is 0.544. The lowest BCUT2D eigenvalue weighted by atomic mass is 9.93. The van der Waals surface area contributed by atoms with Gasteiger partial charge in [0.2, 0.25) is 15.9 Å². The van der Waals surface area contributed by atoms with E-state index in [0.29, 0.717) is 18.9 Å². The summed E-state index contributed by atoms with van der Waals surface area (Å²) in [6.45, 7) is 6.67. The number of hydrogen-bond acceptors (Lipinski definition) is 5. The summed E-state index contributed by atoms with van der Waals surface area (Å²) in [4.78, 5) is 12.2. The van der Waals surface area contributed by atoms with E-state index in [4.69, 9.17) is 10.5 Å². The largest absolute Gasteiger partial charge is 0.494 e. The van der Waals surface area contributed by atoms with Gasteiger partial charge in [-0.1, -0.05) is 13.8 Å². The molecule has 0 aromatic heterocycles. The highest BCUT2D eigenvalue weighted by Crippen LogP contribution is 2.16. The molecule has 0 saturated carbocycles.